The van der Waals surface area contributed by atoms with E-state index in [1.54, 1.807) is 17.8 Å². The molecule has 1 heterocycles. The minimum Gasteiger partial charge on any atom is -0.295 e. The molecule has 0 aliphatic carbocycles. The van der Waals surface area contributed by atoms with Gasteiger partial charge in [-0.3, -0.25) is 4.79 Å². The lowest BCUT2D eigenvalue weighted by Gasteiger charge is -2.03. The van der Waals surface area contributed by atoms with Crippen molar-refractivity contribution >= 4 is 11.9 Å². The molecule has 2 aromatic rings. The van der Waals surface area contributed by atoms with Crippen LogP contribution in [0, 0.1) is 0 Å². The molecule has 0 saturated heterocycles. The van der Waals surface area contributed by atoms with Crippen LogP contribution < -0.4 is 0 Å². The van der Waals surface area contributed by atoms with Gasteiger partial charge in [-0.2, -0.15) is 0 Å². The van der Waals surface area contributed by atoms with Gasteiger partial charge in [0.1, 0.15) is 0 Å². The molecule has 0 aliphatic heterocycles. The summed E-state index contributed by atoms with van der Waals surface area (Å²) in [5, 5.41) is 11.4. The molecule has 0 radical (unpaired) electrons. The Morgan fingerprint density at radius 3 is 2.76 bits per heavy atom. The highest BCUT2D eigenvalue weighted by Gasteiger charge is 2.08. The van der Waals surface area contributed by atoms with E-state index in [-0.39, 0.29) is 5.78 Å². The smallest absolute Gasteiger partial charge is 0.182 e. The van der Waals surface area contributed by atoms with Gasteiger partial charge in [-0.25, -0.2) is 4.68 Å². The number of aromatic nitrogens is 4. The fourth-order valence-corrected chi connectivity index (χ4v) is 1.51. The summed E-state index contributed by atoms with van der Waals surface area (Å²) in [6.45, 7) is 1.52. The van der Waals surface area contributed by atoms with Crippen molar-refractivity contribution in [2.45, 2.75) is 6.92 Å². The Bertz CT molecular complexity index is 571. The van der Waals surface area contributed by atoms with Gasteiger partial charge in [-0.1, -0.05) is 30.3 Å². The monoisotopic (exact) mass is 228 g/mol. The Hall–Kier alpha value is -2.30. The van der Waals surface area contributed by atoms with E-state index in [0.717, 1.165) is 11.1 Å². The molecule has 0 aliphatic rings. The summed E-state index contributed by atoms with van der Waals surface area (Å²) in [5.74, 6) is 0.685. The Labute approximate surface area is 98.8 Å². The Morgan fingerprint density at radius 2 is 2.12 bits per heavy atom. The van der Waals surface area contributed by atoms with Gasteiger partial charge in [0.25, 0.3) is 0 Å². The van der Waals surface area contributed by atoms with Crippen LogP contribution in [0.15, 0.2) is 30.3 Å². The molecule has 1 aromatic heterocycles. The van der Waals surface area contributed by atoms with Gasteiger partial charge >= 0.3 is 0 Å². The zero-order valence-electron chi connectivity index (χ0n) is 9.66. The quantitative estimate of drug-likeness (QED) is 0.746. The van der Waals surface area contributed by atoms with Crippen LogP contribution in [0.25, 0.3) is 17.5 Å². The average molecular weight is 228 g/mol. The number of carbonyl (C=O) groups is 1. The molecule has 0 spiro atoms. The first-order valence-corrected chi connectivity index (χ1v) is 5.19. The summed E-state index contributed by atoms with van der Waals surface area (Å²) in [6, 6.07) is 7.66. The van der Waals surface area contributed by atoms with Gasteiger partial charge in [0, 0.05) is 12.6 Å². The van der Waals surface area contributed by atoms with Crippen LogP contribution >= 0.6 is 0 Å². The molecule has 5 nitrogen and oxygen atoms in total. The number of hydrogen-bond acceptors (Lipinski definition) is 4. The van der Waals surface area contributed by atoms with E-state index >= 15 is 0 Å². The zero-order valence-corrected chi connectivity index (χ0v) is 9.66. The highest BCUT2D eigenvalue weighted by molar-refractivity contribution is 5.92. The van der Waals surface area contributed by atoms with E-state index in [0.29, 0.717) is 5.82 Å². The molecule has 1 aromatic carbocycles. The van der Waals surface area contributed by atoms with Gasteiger partial charge in [0.15, 0.2) is 11.6 Å². The highest BCUT2D eigenvalue weighted by atomic mass is 16.1. The fourth-order valence-electron chi connectivity index (χ4n) is 1.51. The van der Waals surface area contributed by atoms with Crippen molar-refractivity contribution in [3.8, 4) is 11.4 Å². The lowest BCUT2D eigenvalue weighted by molar-refractivity contribution is -0.112. The highest BCUT2D eigenvalue weighted by Crippen LogP contribution is 2.21. The van der Waals surface area contributed by atoms with Crippen LogP contribution in [0.1, 0.15) is 12.5 Å². The third-order valence-corrected chi connectivity index (χ3v) is 2.32. The van der Waals surface area contributed by atoms with Crippen LogP contribution in [0.5, 0.6) is 0 Å². The maximum atomic E-state index is 10.9. The van der Waals surface area contributed by atoms with Crippen LogP contribution in [0.2, 0.25) is 0 Å². The van der Waals surface area contributed by atoms with Crippen LogP contribution in [-0.2, 0) is 11.8 Å². The Kier molecular flexibility index (Phi) is 3.09. The molecular formula is C12H12N4O. The van der Waals surface area contributed by atoms with Crippen LogP contribution in [-0.4, -0.2) is 26.0 Å². The van der Waals surface area contributed by atoms with Crippen molar-refractivity contribution in [2.75, 3.05) is 0 Å². The molecule has 2 rings (SSSR count). The molecule has 0 unspecified atom stereocenters. The molecule has 0 atom stereocenters. The summed E-state index contributed by atoms with van der Waals surface area (Å²) in [6.07, 6.45) is 3.30. The lowest BCUT2D eigenvalue weighted by atomic mass is 10.1. The molecule has 0 N–H and O–H groups in total. The Morgan fingerprint density at radius 1 is 1.35 bits per heavy atom. The van der Waals surface area contributed by atoms with E-state index in [9.17, 15) is 4.79 Å². The molecular weight excluding hydrogens is 216 g/mol. The molecule has 0 amide bonds. The standard InChI is InChI=1S/C12H12N4O/c1-9(17)7-8-10-5-3-4-6-11(10)12-13-14-15-16(12)2/h3-8H,1-2H3/b8-7+. The number of hydrogen-bond donors (Lipinski definition) is 0. The third-order valence-electron chi connectivity index (χ3n) is 2.32. The van der Waals surface area contributed by atoms with Crippen LogP contribution in [0.4, 0.5) is 0 Å². The van der Waals surface area contributed by atoms with Gasteiger partial charge in [0.2, 0.25) is 0 Å². The molecule has 0 bridgehead atoms. The predicted molar refractivity (Wildman–Crippen MR) is 63.9 cm³/mol. The van der Waals surface area contributed by atoms with Gasteiger partial charge < -0.3 is 0 Å². The molecule has 0 fully saturated rings. The first-order valence-electron chi connectivity index (χ1n) is 5.19. The second-order valence-corrected chi connectivity index (χ2v) is 3.66. The number of nitrogens with zero attached hydrogens (tertiary/aromatic N) is 4. The topological polar surface area (TPSA) is 60.7 Å². The van der Waals surface area contributed by atoms with E-state index in [2.05, 4.69) is 15.5 Å². The third kappa shape index (κ3) is 2.44. The summed E-state index contributed by atoms with van der Waals surface area (Å²) in [5.41, 5.74) is 1.82. The normalized spacial score (nSPS) is 10.9. The van der Waals surface area contributed by atoms with E-state index in [1.807, 2.05) is 24.3 Å². The van der Waals surface area contributed by atoms with E-state index in [1.165, 1.54) is 13.0 Å². The SMILES string of the molecule is CC(=O)/C=C/c1ccccc1-c1nnnn1C. The average Bonchev–Trinajstić information content (AvgIpc) is 2.73. The minimum absolute atomic E-state index is 0.0101. The predicted octanol–water partition coefficient (Wildman–Crippen LogP) is 1.48. The van der Waals surface area contributed by atoms with Crippen molar-refractivity contribution < 1.29 is 4.79 Å². The summed E-state index contributed by atoms with van der Waals surface area (Å²) in [4.78, 5) is 10.9. The first-order chi connectivity index (χ1) is 8.18. The molecule has 86 valence electrons. The molecule has 5 heteroatoms. The largest absolute Gasteiger partial charge is 0.295 e. The van der Waals surface area contributed by atoms with Gasteiger partial charge in [0.05, 0.1) is 0 Å². The lowest BCUT2D eigenvalue weighted by Crippen LogP contribution is -1.96. The molecule has 17 heavy (non-hydrogen) atoms. The second kappa shape index (κ2) is 4.69. The number of benzene rings is 1. The summed E-state index contributed by atoms with van der Waals surface area (Å²) in [7, 11) is 1.78. The van der Waals surface area contributed by atoms with E-state index < -0.39 is 0 Å². The number of rotatable bonds is 3. The zero-order chi connectivity index (χ0) is 12.3. The maximum Gasteiger partial charge on any atom is 0.182 e. The van der Waals surface area contributed by atoms with Crippen molar-refractivity contribution in [3.63, 3.8) is 0 Å². The number of tetrazole rings is 1. The number of aryl methyl sites for hydroxylation is 1. The molecule has 0 saturated carbocycles. The maximum absolute atomic E-state index is 10.9. The van der Waals surface area contributed by atoms with Gasteiger partial charge in [-0.15, -0.1) is 5.10 Å². The van der Waals surface area contributed by atoms with Crippen molar-refractivity contribution in [1.82, 2.24) is 20.2 Å². The second-order valence-electron chi connectivity index (χ2n) is 3.66. The van der Waals surface area contributed by atoms with Crippen molar-refractivity contribution in [1.29, 1.82) is 0 Å². The fraction of sp³-hybridized carbons (Fsp3) is 0.167. The van der Waals surface area contributed by atoms with E-state index in [4.69, 9.17) is 0 Å². The summed E-state index contributed by atoms with van der Waals surface area (Å²) >= 11 is 0. The first kappa shape index (κ1) is 11.2. The summed E-state index contributed by atoms with van der Waals surface area (Å²) < 4.78 is 1.60. The van der Waals surface area contributed by atoms with Crippen LogP contribution in [0.3, 0.4) is 0 Å². The minimum atomic E-state index is 0.0101. The number of ketones is 1. The number of allylic oxidation sites excluding steroid dienone is 1. The van der Waals surface area contributed by atoms with Crippen molar-refractivity contribution in [2.24, 2.45) is 7.05 Å². The van der Waals surface area contributed by atoms with Gasteiger partial charge in [-0.05, 0) is 29.0 Å². The number of carbonyl (C=O) groups excluding carboxylic acids is 1. The Balaban J connectivity index is 2.48. The van der Waals surface area contributed by atoms with Crippen molar-refractivity contribution in [3.05, 3.63) is 35.9 Å².